The molecule has 1 aromatic heterocycles. The van der Waals surface area contributed by atoms with Crippen LogP contribution in [0, 0.1) is 36.4 Å². The highest BCUT2D eigenvalue weighted by Crippen LogP contribution is 2.55. The number of methoxy groups -OCH3 is 1. The first kappa shape index (κ1) is 98.2. The number of anilines is 2. The lowest BCUT2D eigenvalue weighted by atomic mass is 9.78. The topological polar surface area (TPSA) is 627 Å². The molecular formula is C83H121FN12O29. The number of amides is 2. The standard InChI is InChI=1S/C43H58N4O12.C22H43N5O13.C18H20FN3O4/c1-21-12-11-13-22(2)42(55)45-33-28(20-44-47-17-15-46(9)16-18-47)37(52)30-31(38(33)53)36(51)26(6)40-32(30)41(54)43(8,59-40)57-19-14-29(56-10)23(3)39(58-27(7)48)25(5)35(50)24(4)34(21)49;23-2-1-8(29)20(36)27-7-3-6(25)18(39-22-16(34)15(33)13(31)9(4-24)37-22)17(35)19(7)40-21-14(32)11(26)12(30)10(5-28)38-21;1-10-9-26-17-14-11(16(23)12(18(24)25)8-22(10)14)7-13(19)15(17)21-5-3-20(2)4-6-21/h11-14,19-21,23-25,29,34-35,39,49-53H,15-18H2,1-10H3,(H,45,55);6-19,21-22,28-35H,1-5,23-26H2,(H,27,36);7-8,10H,3-6,9H2,1-2H3,(H,24,25)/b12-11+,19-14+,22-13-,44-20+;;/t21-,23+,24+,25+,29-,34-,35+,39+,43-;6-,7+,8-,9+,10+,11-,12+,13+,14+,15-,16+,17-,18+,19-,21+,22+;/m00./s1. The maximum absolute atomic E-state index is 15.0. The number of likely N-dealkylation sites (N-methyl/N-ethyl adjacent to an activating group) is 2. The number of hydrogen-bond donors (Lipinski definition) is 20. The molecular weight excluding hydrogens is 1650 g/mol. The Morgan fingerprint density at radius 2 is 1.40 bits per heavy atom. The molecule has 5 fully saturated rings. The second kappa shape index (κ2) is 41.4. The van der Waals surface area contributed by atoms with Gasteiger partial charge in [0.25, 0.3) is 11.7 Å². The van der Waals surface area contributed by atoms with Crippen LogP contribution in [-0.4, -0.2) is 355 Å². The normalized spacial score (nSPS) is 34.4. The first-order valence-electron chi connectivity index (χ1n) is 41.4. The number of phenolic OH excluding ortho intramolecular Hbond substituents is 3. The number of pyridine rings is 1. The summed E-state index contributed by atoms with van der Waals surface area (Å²) in [5.74, 6) is -10.7. The van der Waals surface area contributed by atoms with E-state index in [0.29, 0.717) is 43.1 Å². The number of ether oxygens (including phenoxy) is 9. The monoisotopic (exact) mass is 1770 g/mol. The molecule has 0 radical (unpaired) electrons. The number of carbonyl (C=O) groups is 5. The number of halogens is 1. The van der Waals surface area contributed by atoms with Gasteiger partial charge in [-0.25, -0.2) is 9.18 Å². The lowest BCUT2D eigenvalue weighted by Crippen LogP contribution is -2.69. The number of carboxylic acid groups (broad SMARTS) is 1. The first-order chi connectivity index (χ1) is 59.0. The molecule has 4 aromatic rings. The molecule has 1 saturated carbocycles. The van der Waals surface area contributed by atoms with Crippen LogP contribution in [0.5, 0.6) is 28.7 Å². The molecule has 9 heterocycles. The zero-order valence-electron chi connectivity index (χ0n) is 71.7. The Morgan fingerprint density at radius 1 is 0.768 bits per heavy atom. The number of nitrogens with zero attached hydrogens (tertiary/aromatic N) is 6. The summed E-state index contributed by atoms with van der Waals surface area (Å²) in [7, 11) is 5.44. The van der Waals surface area contributed by atoms with Crippen LogP contribution in [-0.2, 0) is 47.5 Å². The molecule has 1 aliphatic carbocycles. The Kier molecular flexibility index (Phi) is 32.6. The van der Waals surface area contributed by atoms with Crippen LogP contribution < -0.4 is 53.4 Å². The summed E-state index contributed by atoms with van der Waals surface area (Å²) in [5, 5.41) is 161. The molecule has 42 heteroatoms. The smallest absolute Gasteiger partial charge is 0.341 e. The highest BCUT2D eigenvalue weighted by molar-refractivity contribution is 6.24. The number of hydrazone groups is 1. The summed E-state index contributed by atoms with van der Waals surface area (Å²) in [6.07, 6.45) is -13.6. The number of carboxylic acids is 1. The van der Waals surface area contributed by atoms with Crippen molar-refractivity contribution in [1.82, 2.24) is 24.7 Å². The Balaban J connectivity index is 0.000000212. The van der Waals surface area contributed by atoms with Crippen LogP contribution in [0.2, 0.25) is 0 Å². The van der Waals surface area contributed by atoms with Crippen molar-refractivity contribution in [3.63, 3.8) is 0 Å². The Labute approximate surface area is 719 Å². The van der Waals surface area contributed by atoms with E-state index in [1.807, 2.05) is 25.9 Å². The van der Waals surface area contributed by atoms with Crippen molar-refractivity contribution in [2.24, 2.45) is 51.7 Å². The number of benzene rings is 3. The number of nitrogens with two attached hydrogens (primary N) is 4. The van der Waals surface area contributed by atoms with Crippen molar-refractivity contribution in [3.05, 3.63) is 86.7 Å². The number of aliphatic hydroxyl groups excluding tert-OH is 10. The van der Waals surface area contributed by atoms with Gasteiger partial charge in [-0.2, -0.15) is 5.10 Å². The van der Waals surface area contributed by atoms with Gasteiger partial charge in [0.1, 0.15) is 108 Å². The van der Waals surface area contributed by atoms with Gasteiger partial charge in [-0.1, -0.05) is 45.9 Å². The average molecular weight is 1770 g/mol. The predicted molar refractivity (Wildman–Crippen MR) is 447 cm³/mol. The number of phenols is 3. The third kappa shape index (κ3) is 20.8. The third-order valence-corrected chi connectivity index (χ3v) is 24.6. The molecule has 125 heavy (non-hydrogen) atoms. The average Bonchev–Trinajstić information content (AvgIpc) is 1.47. The van der Waals surface area contributed by atoms with Gasteiger partial charge in [-0.05, 0) is 66.4 Å². The summed E-state index contributed by atoms with van der Waals surface area (Å²) in [5.41, 5.74) is 22.5. The van der Waals surface area contributed by atoms with Gasteiger partial charge >= 0.3 is 17.7 Å². The number of aromatic carboxylic acids is 1. The van der Waals surface area contributed by atoms with Crippen LogP contribution in [0.15, 0.2) is 58.3 Å². The van der Waals surface area contributed by atoms with E-state index < -0.39 is 216 Å². The number of fused-ring (bicyclic) bond motifs is 14. The molecule has 5 bridgehead atoms. The Hall–Kier alpha value is -8.94. The molecule has 8 aliphatic heterocycles. The number of rotatable bonds is 16. The van der Waals surface area contributed by atoms with E-state index in [4.69, 9.17) is 65.6 Å². The Bertz CT molecular complexity index is 4720. The van der Waals surface area contributed by atoms with E-state index >= 15 is 0 Å². The fourth-order valence-electron chi connectivity index (χ4n) is 16.7. The number of carbonyl (C=O) groups excluding carboxylic acids is 4. The summed E-state index contributed by atoms with van der Waals surface area (Å²) < 4.78 is 68.7. The third-order valence-electron chi connectivity index (χ3n) is 24.6. The summed E-state index contributed by atoms with van der Waals surface area (Å²) in [6.45, 7) is 19.3. The van der Waals surface area contributed by atoms with Gasteiger partial charge in [-0.15, -0.1) is 0 Å². The van der Waals surface area contributed by atoms with E-state index in [2.05, 4.69) is 25.5 Å². The van der Waals surface area contributed by atoms with Crippen molar-refractivity contribution < 1.29 is 142 Å². The van der Waals surface area contributed by atoms with E-state index in [0.717, 1.165) is 32.2 Å². The summed E-state index contributed by atoms with van der Waals surface area (Å²) in [6, 6.07) is -2.46. The summed E-state index contributed by atoms with van der Waals surface area (Å²) in [4.78, 5) is 83.3. The highest BCUT2D eigenvalue weighted by Gasteiger charge is 2.55. The molecule has 3 aromatic carbocycles. The molecule has 9 aliphatic rings. The highest BCUT2D eigenvalue weighted by atomic mass is 19.1. The predicted octanol–water partition coefficient (Wildman–Crippen LogP) is -2.54. The summed E-state index contributed by atoms with van der Waals surface area (Å²) >= 11 is 0. The fourth-order valence-corrected chi connectivity index (χ4v) is 16.7. The minimum Gasteiger partial charge on any atom is -0.507 e. The van der Waals surface area contributed by atoms with Crippen LogP contribution >= 0.6 is 0 Å². The number of aliphatic hydroxyl groups is 10. The Morgan fingerprint density at radius 3 is 2.02 bits per heavy atom. The number of aromatic hydroxyl groups is 3. The van der Waals surface area contributed by atoms with Gasteiger partial charge in [0.15, 0.2) is 29.9 Å². The first-order valence-corrected chi connectivity index (χ1v) is 41.4. The molecule has 694 valence electrons. The number of allylic oxidation sites excluding steroid dienone is 2. The van der Waals surface area contributed by atoms with Crippen LogP contribution in [0.3, 0.4) is 0 Å². The minimum absolute atomic E-state index is 0.0101. The maximum Gasteiger partial charge on any atom is 0.341 e. The van der Waals surface area contributed by atoms with Crippen LogP contribution in [0.4, 0.5) is 15.8 Å². The quantitative estimate of drug-likeness (QED) is 0.0238. The van der Waals surface area contributed by atoms with Crippen molar-refractivity contribution in [3.8, 4) is 28.7 Å². The van der Waals surface area contributed by atoms with E-state index in [1.54, 1.807) is 49.4 Å². The number of Topliss-reactive ketones (excluding diaryl/α,β-unsaturated/α-hetero) is 1. The molecule has 26 atom stereocenters. The maximum atomic E-state index is 15.0. The molecule has 4 saturated heterocycles. The van der Waals surface area contributed by atoms with E-state index in [1.165, 1.54) is 65.6 Å². The minimum atomic E-state index is -2.04. The molecule has 41 nitrogen and oxygen atoms in total. The fraction of sp³-hybridized carbons (Fsp3) is 0.627. The van der Waals surface area contributed by atoms with Gasteiger partial charge in [0, 0.05) is 132 Å². The SMILES string of the molecule is CC1COc2c(N3CCN(C)CC3)c(F)cc3c(=O)c(C(=O)O)cn1c23.CO[C@H]1/C=C/O[C@@]2(C)Oc3c(C)c(O)c4c(O)c(c(/C=N/N5CCN(C)CC5)c(O)c4c3C2=O)NC(=O)/C(C)=C\C=C\[C@H](C)[C@H](O)[C@@H](C)[C@@H](O)[C@@H](C)[C@H](OC(C)=O)[C@@H]1C.NCC[C@H](O)C(=O)N[C@@H]1C[C@H](N)[C@@H](O[C@H]2O[C@H](CN)[C@@H](O)[C@H](O)[C@H]2O)[C@H](O)[C@H]1O[C@H]1O[C@H](CO)[C@@H](O)[C@H](N)[C@H]1O. The lowest BCUT2D eigenvalue weighted by molar-refractivity contribution is -0.332. The zero-order valence-corrected chi connectivity index (χ0v) is 71.7. The van der Waals surface area contributed by atoms with Crippen molar-refractivity contribution in [2.75, 3.05) is 110 Å². The van der Waals surface area contributed by atoms with E-state index in [-0.39, 0.29) is 94.0 Å². The number of ketones is 1. The molecule has 13 rings (SSSR count). The molecule has 0 spiro atoms. The van der Waals surface area contributed by atoms with E-state index in [9.17, 15) is 105 Å². The number of aromatic nitrogens is 1. The van der Waals surface area contributed by atoms with Crippen molar-refractivity contribution in [2.45, 2.75) is 209 Å². The van der Waals surface area contributed by atoms with Crippen molar-refractivity contribution in [1.29, 1.82) is 0 Å². The molecule has 1 unspecified atom stereocenters. The van der Waals surface area contributed by atoms with Gasteiger partial charge in [-0.3, -0.25) is 29.0 Å². The second-order valence-electron chi connectivity index (χ2n) is 33.4. The largest absolute Gasteiger partial charge is 0.507 e. The van der Waals surface area contributed by atoms with Gasteiger partial charge in [0.2, 0.25) is 11.3 Å². The van der Waals surface area contributed by atoms with Crippen LogP contribution in [0.1, 0.15) is 106 Å². The van der Waals surface area contributed by atoms with Gasteiger partial charge in [0.05, 0.1) is 88.6 Å². The molecule has 2 amide bonds. The number of esters is 1. The zero-order chi connectivity index (χ0) is 92.1. The van der Waals surface area contributed by atoms with Gasteiger partial charge < -0.3 is 167 Å². The van der Waals surface area contributed by atoms with Crippen molar-refractivity contribution >= 4 is 68.8 Å². The lowest BCUT2D eigenvalue weighted by Gasteiger charge is -2.49. The molecule has 24 N–H and O–H groups in total. The number of nitrogens with one attached hydrogen (secondary N) is 2. The second-order valence-corrected chi connectivity index (χ2v) is 33.4. The van der Waals surface area contributed by atoms with Crippen LogP contribution in [0.25, 0.3) is 21.7 Å². The number of hydrogen-bond acceptors (Lipinski definition) is 37. The number of piperazine rings is 2.